The Kier molecular flexibility index (Phi) is 0.681. The van der Waals surface area contributed by atoms with Crippen molar-refractivity contribution in [3.8, 4) is 0 Å². The second-order valence-corrected chi connectivity index (χ2v) is 2.03. The third kappa shape index (κ3) is 0.528. The smallest absolute Gasteiger partial charge is 0.255 e. The highest BCUT2D eigenvalue weighted by Gasteiger charge is 2.12. The van der Waals surface area contributed by atoms with E-state index < -0.39 is 0 Å². The zero-order valence-corrected chi connectivity index (χ0v) is 4.72. The van der Waals surface area contributed by atoms with Crippen molar-refractivity contribution in [3.63, 3.8) is 0 Å². The maximum Gasteiger partial charge on any atom is 0.255 e. The summed E-state index contributed by atoms with van der Waals surface area (Å²) < 4.78 is 0. The molecule has 0 unspecified atom stereocenters. The van der Waals surface area contributed by atoms with E-state index in [-0.39, 0.29) is 5.91 Å². The number of hydrogen-bond donors (Lipinski definition) is 1. The van der Waals surface area contributed by atoms with Gasteiger partial charge in [-0.1, -0.05) is 6.07 Å². The molecule has 1 aromatic rings. The molecule has 1 aliphatic rings. The molecule has 1 heterocycles. The van der Waals surface area contributed by atoms with E-state index >= 15 is 0 Å². The third-order valence-electron chi connectivity index (χ3n) is 1.38. The van der Waals surface area contributed by atoms with E-state index in [0.717, 1.165) is 11.3 Å². The number of nitrogens with one attached hydrogen (secondary N) is 1. The monoisotopic (exact) mass is 119 g/mol. The quantitative estimate of drug-likeness (QED) is 0.547. The van der Waals surface area contributed by atoms with Crippen molar-refractivity contribution in [2.24, 2.45) is 0 Å². The van der Waals surface area contributed by atoms with Gasteiger partial charge in [-0.3, -0.25) is 4.79 Å². The summed E-state index contributed by atoms with van der Waals surface area (Å²) in [5, 5.41) is 2.68. The first kappa shape index (κ1) is 4.56. The number of carbonyl (C=O) groups excluding carboxylic acids is 1. The van der Waals surface area contributed by atoms with Gasteiger partial charge in [-0.05, 0) is 18.2 Å². The number of rotatable bonds is 0. The van der Waals surface area contributed by atoms with Crippen LogP contribution in [0.15, 0.2) is 24.3 Å². The fourth-order valence-electron chi connectivity index (χ4n) is 0.941. The fraction of sp³-hybridized carbons (Fsp3) is 0. The predicted molar refractivity (Wildman–Crippen MR) is 34.4 cm³/mol. The molecule has 2 nitrogen and oxygen atoms in total. The molecule has 2 rings (SSSR count). The zero-order chi connectivity index (χ0) is 6.27. The van der Waals surface area contributed by atoms with Gasteiger partial charge in [0.25, 0.3) is 5.91 Å². The van der Waals surface area contributed by atoms with E-state index in [1.807, 2.05) is 18.2 Å². The molecule has 0 aromatic heterocycles. The number of benzene rings is 1. The summed E-state index contributed by atoms with van der Waals surface area (Å²) in [5.74, 6) is 0.00926. The average Bonchev–Trinajstić information content (AvgIpc) is 2.09. The molecule has 2 bridgehead atoms. The van der Waals surface area contributed by atoms with Crippen molar-refractivity contribution in [1.29, 1.82) is 0 Å². The molecule has 2 heteroatoms. The summed E-state index contributed by atoms with van der Waals surface area (Å²) >= 11 is 0. The standard InChI is InChI=1S/C7H5NO/c9-7-5-2-1-3-6(4-5)8-7/h1-4H,(H,8,9). The molecule has 0 spiro atoms. The second kappa shape index (κ2) is 1.35. The minimum Gasteiger partial charge on any atom is -0.322 e. The Hall–Kier alpha value is -1.31. The Labute approximate surface area is 52.5 Å². The molecule has 0 saturated carbocycles. The molecule has 9 heavy (non-hydrogen) atoms. The lowest BCUT2D eigenvalue weighted by Crippen LogP contribution is -2.02. The van der Waals surface area contributed by atoms with Gasteiger partial charge < -0.3 is 5.32 Å². The van der Waals surface area contributed by atoms with Gasteiger partial charge in [0.05, 0.1) is 0 Å². The summed E-state index contributed by atoms with van der Waals surface area (Å²) in [6.45, 7) is 0. The maximum absolute atomic E-state index is 10.8. The van der Waals surface area contributed by atoms with Gasteiger partial charge in [0.2, 0.25) is 0 Å². The van der Waals surface area contributed by atoms with Gasteiger partial charge in [-0.2, -0.15) is 0 Å². The first-order valence-corrected chi connectivity index (χ1v) is 2.78. The Bertz CT molecular complexity index is 267. The van der Waals surface area contributed by atoms with Crippen LogP contribution >= 0.6 is 0 Å². The van der Waals surface area contributed by atoms with Crippen LogP contribution in [0.1, 0.15) is 10.4 Å². The lowest BCUT2D eigenvalue weighted by Gasteiger charge is -1.86. The zero-order valence-electron chi connectivity index (χ0n) is 4.72. The SMILES string of the molecule is O=C1Nc2cccc1c2. The van der Waals surface area contributed by atoms with Crippen LogP contribution in [-0.4, -0.2) is 5.91 Å². The molecule has 0 saturated heterocycles. The van der Waals surface area contributed by atoms with Crippen molar-refractivity contribution in [3.05, 3.63) is 29.8 Å². The minimum atomic E-state index is 0.00926. The molecule has 0 atom stereocenters. The van der Waals surface area contributed by atoms with Gasteiger partial charge in [-0.25, -0.2) is 0 Å². The minimum absolute atomic E-state index is 0.00926. The molecule has 0 fully saturated rings. The highest BCUT2D eigenvalue weighted by atomic mass is 16.1. The summed E-state index contributed by atoms with van der Waals surface area (Å²) in [6, 6.07) is 7.37. The average molecular weight is 119 g/mol. The number of fused-ring (bicyclic) bond motifs is 2. The highest BCUT2D eigenvalue weighted by molar-refractivity contribution is 6.09. The second-order valence-electron chi connectivity index (χ2n) is 2.03. The molecule has 1 aliphatic heterocycles. The lowest BCUT2D eigenvalue weighted by molar-refractivity contribution is 0.103. The number of anilines is 1. The Morgan fingerprint density at radius 2 is 2.22 bits per heavy atom. The van der Waals surface area contributed by atoms with Crippen LogP contribution in [0.25, 0.3) is 0 Å². The molecule has 1 N–H and O–H groups in total. The van der Waals surface area contributed by atoms with Gasteiger partial charge in [0, 0.05) is 11.3 Å². The van der Waals surface area contributed by atoms with E-state index in [1.165, 1.54) is 0 Å². The van der Waals surface area contributed by atoms with E-state index in [1.54, 1.807) is 6.07 Å². The van der Waals surface area contributed by atoms with Gasteiger partial charge in [0.1, 0.15) is 0 Å². The third-order valence-corrected chi connectivity index (χ3v) is 1.38. The fourth-order valence-corrected chi connectivity index (χ4v) is 0.941. The van der Waals surface area contributed by atoms with Gasteiger partial charge in [-0.15, -0.1) is 0 Å². The van der Waals surface area contributed by atoms with Gasteiger partial charge >= 0.3 is 0 Å². The molecule has 0 radical (unpaired) electrons. The maximum atomic E-state index is 10.8. The van der Waals surface area contributed by atoms with Crippen molar-refractivity contribution in [1.82, 2.24) is 0 Å². The van der Waals surface area contributed by atoms with Crippen LogP contribution in [-0.2, 0) is 0 Å². The lowest BCUT2D eigenvalue weighted by atomic mass is 10.2. The van der Waals surface area contributed by atoms with Gasteiger partial charge in [0.15, 0.2) is 0 Å². The summed E-state index contributed by atoms with van der Waals surface area (Å²) in [6.07, 6.45) is 0. The molecule has 0 aliphatic carbocycles. The number of carbonyl (C=O) groups is 1. The topological polar surface area (TPSA) is 29.1 Å². The predicted octanol–water partition coefficient (Wildman–Crippen LogP) is 1.25. The molecule has 44 valence electrons. The van der Waals surface area contributed by atoms with E-state index in [2.05, 4.69) is 5.32 Å². The van der Waals surface area contributed by atoms with Crippen LogP contribution < -0.4 is 5.32 Å². The molecule has 1 aromatic carbocycles. The van der Waals surface area contributed by atoms with Crippen LogP contribution in [0.4, 0.5) is 5.69 Å². The number of hydrogen-bond acceptors (Lipinski definition) is 1. The van der Waals surface area contributed by atoms with E-state index in [0.29, 0.717) is 0 Å². The van der Waals surface area contributed by atoms with Crippen LogP contribution in [0, 0.1) is 0 Å². The van der Waals surface area contributed by atoms with Crippen LogP contribution in [0.2, 0.25) is 0 Å². The van der Waals surface area contributed by atoms with Crippen molar-refractivity contribution < 1.29 is 4.79 Å². The number of amides is 1. The summed E-state index contributed by atoms with van der Waals surface area (Å²) in [7, 11) is 0. The largest absolute Gasteiger partial charge is 0.322 e. The molecule has 1 amide bonds. The first-order chi connectivity index (χ1) is 4.36. The van der Waals surface area contributed by atoms with Crippen molar-refractivity contribution in [2.75, 3.05) is 5.32 Å². The Morgan fingerprint density at radius 1 is 1.33 bits per heavy atom. The highest BCUT2D eigenvalue weighted by Crippen LogP contribution is 2.17. The molecular formula is C7H5NO. The normalized spacial score (nSPS) is 13.6. The van der Waals surface area contributed by atoms with Crippen LogP contribution in [0.3, 0.4) is 0 Å². The van der Waals surface area contributed by atoms with Crippen LogP contribution in [0.5, 0.6) is 0 Å². The summed E-state index contributed by atoms with van der Waals surface area (Å²) in [5.41, 5.74) is 1.66. The Morgan fingerprint density at radius 3 is 2.89 bits per heavy atom. The molecular weight excluding hydrogens is 114 g/mol. The first-order valence-electron chi connectivity index (χ1n) is 2.78. The van der Waals surface area contributed by atoms with Crippen molar-refractivity contribution >= 4 is 11.6 Å². The Balaban J connectivity index is 2.69. The van der Waals surface area contributed by atoms with E-state index in [4.69, 9.17) is 0 Å². The van der Waals surface area contributed by atoms with Crippen molar-refractivity contribution in [2.45, 2.75) is 0 Å². The van der Waals surface area contributed by atoms with E-state index in [9.17, 15) is 4.79 Å². The summed E-state index contributed by atoms with van der Waals surface area (Å²) in [4.78, 5) is 10.8.